The van der Waals surface area contributed by atoms with Gasteiger partial charge in [-0.05, 0) is 18.7 Å². The molecule has 0 bridgehead atoms. The Bertz CT molecular complexity index is 730. The Hall–Kier alpha value is -2.09. The second kappa shape index (κ2) is 8.11. The molecule has 2 amide bonds. The quantitative estimate of drug-likeness (QED) is 0.787. The number of piperazine rings is 1. The molecule has 1 aromatic rings. The van der Waals surface area contributed by atoms with Crippen molar-refractivity contribution in [2.24, 2.45) is 5.92 Å². The summed E-state index contributed by atoms with van der Waals surface area (Å²) in [5.41, 5.74) is -0.259. The largest absolute Gasteiger partial charge is 0.416 e. The Morgan fingerprint density at radius 1 is 1.07 bits per heavy atom. The summed E-state index contributed by atoms with van der Waals surface area (Å²) in [6.45, 7) is 5.02. The number of carbonyl (C=O) groups is 2. The minimum absolute atomic E-state index is 0.0677. The van der Waals surface area contributed by atoms with Crippen LogP contribution in [-0.4, -0.2) is 72.8 Å². The monoisotopic (exact) mass is 397 g/mol. The zero-order valence-corrected chi connectivity index (χ0v) is 16.2. The minimum atomic E-state index is -4.44. The molecule has 0 aliphatic carbocycles. The lowest BCUT2D eigenvalue weighted by Crippen LogP contribution is -2.50. The number of carbonyl (C=O) groups excluding carboxylic acids is 2. The lowest BCUT2D eigenvalue weighted by Gasteiger charge is -2.35. The van der Waals surface area contributed by atoms with Gasteiger partial charge in [-0.25, -0.2) is 0 Å². The van der Waals surface area contributed by atoms with E-state index in [0.29, 0.717) is 25.1 Å². The molecule has 5 nitrogen and oxygen atoms in total. The fourth-order valence-corrected chi connectivity index (χ4v) is 4.03. The number of hydrogen-bond donors (Lipinski definition) is 0. The van der Waals surface area contributed by atoms with E-state index in [1.807, 2.05) is 7.05 Å². The fourth-order valence-electron chi connectivity index (χ4n) is 4.03. The van der Waals surface area contributed by atoms with Gasteiger partial charge in [-0.15, -0.1) is 0 Å². The van der Waals surface area contributed by atoms with Crippen molar-refractivity contribution < 1.29 is 22.8 Å². The molecule has 0 radical (unpaired) electrons. The summed E-state index contributed by atoms with van der Waals surface area (Å²) in [6.07, 6.45) is -4.13. The molecule has 2 aliphatic heterocycles. The smallest absolute Gasteiger partial charge is 0.341 e. The number of amides is 2. The second-order valence-electron chi connectivity index (χ2n) is 7.62. The van der Waals surface area contributed by atoms with E-state index in [9.17, 15) is 22.8 Å². The maximum absolute atomic E-state index is 13.2. The van der Waals surface area contributed by atoms with Crippen molar-refractivity contribution in [3.8, 4) is 0 Å². The van der Waals surface area contributed by atoms with Crippen LogP contribution in [0.5, 0.6) is 0 Å². The van der Waals surface area contributed by atoms with E-state index in [1.165, 1.54) is 6.07 Å². The number of hydrogen-bond acceptors (Lipinski definition) is 3. The number of nitrogens with zero attached hydrogens (tertiary/aromatic N) is 3. The minimum Gasteiger partial charge on any atom is -0.341 e. The molecule has 2 aliphatic rings. The van der Waals surface area contributed by atoms with Gasteiger partial charge in [-0.3, -0.25) is 9.59 Å². The molecule has 0 saturated carbocycles. The van der Waals surface area contributed by atoms with Gasteiger partial charge in [-0.2, -0.15) is 13.2 Å². The van der Waals surface area contributed by atoms with Gasteiger partial charge in [0.2, 0.25) is 11.8 Å². The van der Waals surface area contributed by atoms with Crippen LogP contribution < -0.4 is 0 Å². The predicted octanol–water partition coefficient (Wildman–Crippen LogP) is 2.43. The lowest BCUT2D eigenvalue weighted by molar-refractivity contribution is -0.138. The highest BCUT2D eigenvalue weighted by Crippen LogP contribution is 2.37. The molecular weight excluding hydrogens is 371 g/mol. The fraction of sp³-hybridized carbons (Fsp3) is 0.600. The summed E-state index contributed by atoms with van der Waals surface area (Å²) in [6, 6.07) is 5.16. The average molecular weight is 397 g/mol. The number of halogens is 3. The van der Waals surface area contributed by atoms with E-state index >= 15 is 0 Å². The molecule has 2 atom stereocenters. The van der Waals surface area contributed by atoms with Crippen molar-refractivity contribution in [2.45, 2.75) is 25.4 Å². The van der Waals surface area contributed by atoms with Crippen molar-refractivity contribution in [3.63, 3.8) is 0 Å². The third kappa shape index (κ3) is 4.32. The molecule has 2 heterocycles. The van der Waals surface area contributed by atoms with Gasteiger partial charge < -0.3 is 14.7 Å². The van der Waals surface area contributed by atoms with Crippen LogP contribution in [0.4, 0.5) is 13.2 Å². The van der Waals surface area contributed by atoms with Crippen LogP contribution >= 0.6 is 0 Å². The van der Waals surface area contributed by atoms with E-state index in [2.05, 4.69) is 4.90 Å². The van der Waals surface area contributed by atoms with Crippen molar-refractivity contribution >= 4 is 11.8 Å². The Morgan fingerprint density at radius 2 is 1.75 bits per heavy atom. The topological polar surface area (TPSA) is 43.9 Å². The zero-order valence-electron chi connectivity index (χ0n) is 16.2. The van der Waals surface area contributed by atoms with Gasteiger partial charge in [0.15, 0.2) is 0 Å². The summed E-state index contributed by atoms with van der Waals surface area (Å²) in [4.78, 5) is 30.9. The van der Waals surface area contributed by atoms with Crippen molar-refractivity contribution in [3.05, 3.63) is 35.4 Å². The first-order valence-electron chi connectivity index (χ1n) is 9.63. The van der Waals surface area contributed by atoms with Crippen LogP contribution in [0.3, 0.4) is 0 Å². The Labute approximate surface area is 163 Å². The summed E-state index contributed by atoms with van der Waals surface area (Å²) in [5, 5.41) is 0. The third-order valence-corrected chi connectivity index (χ3v) is 5.75. The standard InChI is InChI=1S/C20H26F3N3O2/c1-3-18(27)26-12-16(14-5-4-6-15(11-14)20(21,22)23)17(13-26)19(28)25-9-7-24(2)8-10-25/h4-6,11,16-17H,3,7-10,12-13H2,1-2H3. The molecule has 0 N–H and O–H groups in total. The molecule has 1 aromatic carbocycles. The number of alkyl halides is 3. The summed E-state index contributed by atoms with van der Waals surface area (Å²) < 4.78 is 39.5. The first kappa shape index (κ1) is 20.6. The van der Waals surface area contributed by atoms with Gasteiger partial charge in [0.1, 0.15) is 0 Å². The van der Waals surface area contributed by atoms with Crippen molar-refractivity contribution in [1.82, 2.24) is 14.7 Å². The van der Waals surface area contributed by atoms with Crippen LogP contribution in [0.15, 0.2) is 24.3 Å². The Morgan fingerprint density at radius 3 is 2.36 bits per heavy atom. The number of benzene rings is 1. The number of likely N-dealkylation sites (tertiary alicyclic amines) is 1. The predicted molar refractivity (Wildman–Crippen MR) is 98.6 cm³/mol. The van der Waals surface area contributed by atoms with Crippen LogP contribution in [0.1, 0.15) is 30.4 Å². The number of rotatable bonds is 3. The molecule has 3 rings (SSSR count). The van der Waals surface area contributed by atoms with Crippen LogP contribution in [-0.2, 0) is 15.8 Å². The molecule has 0 aromatic heterocycles. The first-order chi connectivity index (χ1) is 13.2. The summed E-state index contributed by atoms with van der Waals surface area (Å²) in [7, 11) is 1.99. The average Bonchev–Trinajstić information content (AvgIpc) is 3.12. The zero-order chi connectivity index (χ0) is 20.5. The van der Waals surface area contributed by atoms with E-state index in [4.69, 9.17) is 0 Å². The highest BCUT2D eigenvalue weighted by Gasteiger charge is 2.42. The van der Waals surface area contributed by atoms with E-state index in [1.54, 1.807) is 22.8 Å². The molecule has 154 valence electrons. The Kier molecular flexibility index (Phi) is 5.98. The SMILES string of the molecule is CCC(=O)N1CC(C(=O)N2CCN(C)CC2)C(c2cccc(C(F)(F)F)c2)C1. The van der Waals surface area contributed by atoms with Crippen LogP contribution in [0.25, 0.3) is 0 Å². The third-order valence-electron chi connectivity index (χ3n) is 5.75. The maximum atomic E-state index is 13.2. The maximum Gasteiger partial charge on any atom is 0.416 e. The van der Waals surface area contributed by atoms with Gasteiger partial charge in [0.05, 0.1) is 11.5 Å². The summed E-state index contributed by atoms with van der Waals surface area (Å²) >= 11 is 0. The van der Waals surface area contributed by atoms with E-state index in [-0.39, 0.29) is 24.9 Å². The van der Waals surface area contributed by atoms with Crippen LogP contribution in [0, 0.1) is 5.92 Å². The highest BCUT2D eigenvalue weighted by atomic mass is 19.4. The van der Waals surface area contributed by atoms with Crippen molar-refractivity contribution in [2.75, 3.05) is 46.3 Å². The molecule has 8 heteroatoms. The molecule has 0 spiro atoms. The molecular formula is C20H26F3N3O2. The number of likely N-dealkylation sites (N-methyl/N-ethyl adjacent to an activating group) is 1. The van der Waals surface area contributed by atoms with Crippen molar-refractivity contribution in [1.29, 1.82) is 0 Å². The molecule has 2 unspecified atom stereocenters. The van der Waals surface area contributed by atoms with Gasteiger partial charge in [0, 0.05) is 51.6 Å². The lowest BCUT2D eigenvalue weighted by atomic mass is 9.87. The van der Waals surface area contributed by atoms with E-state index < -0.39 is 23.6 Å². The molecule has 2 fully saturated rings. The first-order valence-corrected chi connectivity index (χ1v) is 9.63. The van der Waals surface area contributed by atoms with Crippen LogP contribution in [0.2, 0.25) is 0 Å². The molecule has 2 saturated heterocycles. The Balaban J connectivity index is 1.87. The highest BCUT2D eigenvalue weighted by molar-refractivity contribution is 5.83. The van der Waals surface area contributed by atoms with Gasteiger partial charge in [-0.1, -0.05) is 25.1 Å². The second-order valence-corrected chi connectivity index (χ2v) is 7.62. The van der Waals surface area contributed by atoms with E-state index in [0.717, 1.165) is 25.2 Å². The van der Waals surface area contributed by atoms with Gasteiger partial charge in [0.25, 0.3) is 0 Å². The summed E-state index contributed by atoms with van der Waals surface area (Å²) in [5.74, 6) is -1.08. The normalized spacial score (nSPS) is 23.9. The molecule has 28 heavy (non-hydrogen) atoms. The van der Waals surface area contributed by atoms with Gasteiger partial charge >= 0.3 is 6.18 Å².